The van der Waals surface area contributed by atoms with E-state index < -0.39 is 77.2 Å². The molecule has 1 aromatic carbocycles. The first-order chi connectivity index (χ1) is 15.1. The average molecular weight is 452 g/mol. The number of aliphatic hydroxyl groups excluding tert-OH is 6. The molecule has 0 bridgehead atoms. The molecule has 11 heteroatoms. The first-order valence-corrected chi connectivity index (χ1v) is 9.66. The van der Waals surface area contributed by atoms with Crippen molar-refractivity contribution in [3.8, 4) is 17.2 Å². The van der Waals surface area contributed by atoms with Crippen molar-refractivity contribution >= 4 is 5.78 Å². The highest BCUT2D eigenvalue weighted by molar-refractivity contribution is 6.09. The zero-order valence-electron chi connectivity index (χ0n) is 16.6. The van der Waals surface area contributed by atoms with Gasteiger partial charge < -0.3 is 50.7 Å². The van der Waals surface area contributed by atoms with Crippen LogP contribution in [0.1, 0.15) is 28.4 Å². The third-order valence-electron chi connectivity index (χ3n) is 5.44. The molecule has 2 unspecified atom stereocenters. The number of benzene rings is 1. The minimum atomic E-state index is -1.84. The first-order valence-electron chi connectivity index (χ1n) is 9.66. The summed E-state index contributed by atoms with van der Waals surface area (Å²) < 4.78 is 5.32. The molecule has 32 heavy (non-hydrogen) atoms. The van der Waals surface area contributed by atoms with Crippen LogP contribution in [-0.2, 0) is 4.74 Å². The number of aromatic hydroxyl groups is 3. The Labute approximate surface area is 181 Å². The van der Waals surface area contributed by atoms with Gasteiger partial charge in [0.25, 0.3) is 0 Å². The summed E-state index contributed by atoms with van der Waals surface area (Å²) in [7, 11) is 0. The molecular weight excluding hydrogens is 428 g/mol. The lowest BCUT2D eigenvalue weighted by molar-refractivity contribution is -0.232. The molecular formula is C21H24O11. The molecule has 1 fully saturated rings. The van der Waals surface area contributed by atoms with Crippen molar-refractivity contribution < 1.29 is 55.5 Å². The van der Waals surface area contributed by atoms with E-state index in [-0.39, 0.29) is 17.9 Å². The normalized spacial score (nSPS) is 30.8. The fraction of sp³-hybridized carbons (Fsp3) is 0.381. The number of aliphatic hydroxyl groups is 6. The number of hydrogen-bond acceptors (Lipinski definition) is 11. The Morgan fingerprint density at radius 1 is 1.03 bits per heavy atom. The van der Waals surface area contributed by atoms with E-state index in [9.17, 15) is 50.8 Å². The second-order valence-corrected chi connectivity index (χ2v) is 7.58. The van der Waals surface area contributed by atoms with Crippen LogP contribution < -0.4 is 0 Å². The maximum atomic E-state index is 12.7. The number of carbonyl (C=O) groups is 1. The van der Waals surface area contributed by atoms with Gasteiger partial charge in [-0.25, -0.2) is 0 Å². The fourth-order valence-corrected chi connectivity index (χ4v) is 3.65. The predicted octanol–water partition coefficient (Wildman–Crippen LogP) is -0.0391. The van der Waals surface area contributed by atoms with Crippen LogP contribution in [0.4, 0.5) is 0 Å². The number of ether oxygens (including phenoxy) is 1. The lowest BCUT2D eigenvalue weighted by atomic mass is 9.88. The van der Waals surface area contributed by atoms with Crippen LogP contribution in [-0.4, -0.2) is 82.8 Å². The van der Waals surface area contributed by atoms with E-state index in [1.54, 1.807) is 0 Å². The Hall–Kier alpha value is -3.09. The predicted molar refractivity (Wildman–Crippen MR) is 107 cm³/mol. The van der Waals surface area contributed by atoms with Crippen LogP contribution in [0.5, 0.6) is 17.2 Å². The summed E-state index contributed by atoms with van der Waals surface area (Å²) in [6.07, 6.45) is -3.13. The number of rotatable bonds is 5. The van der Waals surface area contributed by atoms with Gasteiger partial charge in [0.2, 0.25) is 0 Å². The first kappa shape index (κ1) is 23.6. The van der Waals surface area contributed by atoms with E-state index in [2.05, 4.69) is 0 Å². The topological polar surface area (TPSA) is 208 Å². The highest BCUT2D eigenvalue weighted by atomic mass is 16.5. The Kier molecular flexibility index (Phi) is 6.77. The van der Waals surface area contributed by atoms with Gasteiger partial charge in [0.05, 0.1) is 12.2 Å². The van der Waals surface area contributed by atoms with E-state index in [1.807, 2.05) is 0 Å². The van der Waals surface area contributed by atoms with Crippen LogP contribution in [0.25, 0.3) is 0 Å². The van der Waals surface area contributed by atoms with Gasteiger partial charge in [0, 0.05) is 18.4 Å². The molecule has 0 aromatic heterocycles. The summed E-state index contributed by atoms with van der Waals surface area (Å²) in [5, 5.41) is 89.5. The van der Waals surface area contributed by atoms with Crippen molar-refractivity contribution in [1.29, 1.82) is 0 Å². The average Bonchev–Trinajstić information content (AvgIpc) is 2.74. The molecule has 1 heterocycles. The number of phenols is 3. The molecule has 0 saturated carbocycles. The molecule has 1 saturated heterocycles. The maximum absolute atomic E-state index is 12.7. The summed E-state index contributed by atoms with van der Waals surface area (Å²) in [6, 6.07) is 0.741. The van der Waals surface area contributed by atoms with Crippen LogP contribution in [0.2, 0.25) is 0 Å². The molecule has 2 aliphatic rings. The van der Waals surface area contributed by atoms with Gasteiger partial charge in [-0.15, -0.1) is 0 Å². The summed E-state index contributed by atoms with van der Waals surface area (Å²) in [4.78, 5) is 12.7. The Bertz CT molecular complexity index is 978. The standard InChI is InChI=1S/C21H24O11/c22-7-14-17(28)19(30)20(31)21(32-14)16-13(27)6-12(26)15(18(16)29)10(24)4-2-8-1-3-9(23)11(25)5-8/h1-4,6,8,14,17,19-23,25-31H,5,7H2/t8?,14-,17-,19+,20-,21?/m1/s1. The van der Waals surface area contributed by atoms with Gasteiger partial charge >= 0.3 is 0 Å². The largest absolute Gasteiger partial charge is 0.508 e. The Morgan fingerprint density at radius 3 is 2.34 bits per heavy atom. The maximum Gasteiger partial charge on any atom is 0.193 e. The molecule has 0 spiro atoms. The number of hydrogen-bond donors (Lipinski definition) is 9. The molecule has 1 aromatic rings. The third kappa shape index (κ3) is 4.29. The Morgan fingerprint density at radius 2 is 1.72 bits per heavy atom. The van der Waals surface area contributed by atoms with Crippen molar-refractivity contribution in [3.63, 3.8) is 0 Å². The molecule has 0 amide bonds. The second kappa shape index (κ2) is 9.18. The zero-order valence-corrected chi connectivity index (χ0v) is 16.6. The number of phenolic OH excluding ortho intramolecular Hbond substituents is 3. The van der Waals surface area contributed by atoms with E-state index in [1.165, 1.54) is 18.2 Å². The van der Waals surface area contributed by atoms with Crippen LogP contribution in [0.3, 0.4) is 0 Å². The summed E-state index contributed by atoms with van der Waals surface area (Å²) in [5.74, 6) is -4.37. The molecule has 9 N–H and O–H groups in total. The molecule has 3 rings (SSSR count). The molecule has 174 valence electrons. The van der Waals surface area contributed by atoms with E-state index in [0.717, 1.165) is 12.1 Å². The Balaban J connectivity index is 1.94. The molecule has 1 aliphatic heterocycles. The quantitative estimate of drug-likeness (QED) is 0.214. The van der Waals surface area contributed by atoms with Gasteiger partial charge in [0.15, 0.2) is 11.5 Å². The van der Waals surface area contributed by atoms with Gasteiger partial charge in [-0.2, -0.15) is 0 Å². The fourth-order valence-electron chi connectivity index (χ4n) is 3.65. The van der Waals surface area contributed by atoms with Crippen molar-refractivity contribution in [2.24, 2.45) is 5.92 Å². The van der Waals surface area contributed by atoms with Gasteiger partial charge in [0.1, 0.15) is 59.1 Å². The summed E-state index contributed by atoms with van der Waals surface area (Å²) in [5.41, 5.74) is -1.16. The third-order valence-corrected chi connectivity index (χ3v) is 5.44. The monoisotopic (exact) mass is 452 g/mol. The highest BCUT2D eigenvalue weighted by Crippen LogP contribution is 2.46. The zero-order chi connectivity index (χ0) is 23.7. The lowest BCUT2D eigenvalue weighted by Crippen LogP contribution is -2.55. The number of carbonyl (C=O) groups excluding carboxylic acids is 1. The molecule has 11 nitrogen and oxygen atoms in total. The van der Waals surface area contributed by atoms with Crippen LogP contribution in [0, 0.1) is 5.92 Å². The smallest absolute Gasteiger partial charge is 0.193 e. The van der Waals surface area contributed by atoms with Crippen molar-refractivity contribution in [2.75, 3.05) is 6.61 Å². The summed E-state index contributed by atoms with van der Waals surface area (Å²) in [6.45, 7) is -0.749. The van der Waals surface area contributed by atoms with Gasteiger partial charge in [-0.3, -0.25) is 4.79 Å². The van der Waals surface area contributed by atoms with Gasteiger partial charge in [-0.05, 0) is 12.2 Å². The van der Waals surface area contributed by atoms with Crippen LogP contribution in [0.15, 0.2) is 41.9 Å². The molecule has 1 aliphatic carbocycles. The number of ketones is 1. The van der Waals surface area contributed by atoms with Crippen molar-refractivity contribution in [2.45, 2.75) is 36.9 Å². The SMILES string of the molecule is O=C(C=CC1C=CC(O)=C(O)C1)c1c(O)cc(O)c(C2O[C@H](CO)[C@@H](O)[C@H](O)[C@H]2O)c1O. The van der Waals surface area contributed by atoms with E-state index in [4.69, 9.17) is 4.74 Å². The second-order valence-electron chi connectivity index (χ2n) is 7.58. The minimum Gasteiger partial charge on any atom is -0.508 e. The molecule has 0 radical (unpaired) electrons. The minimum absolute atomic E-state index is 0.0236. The van der Waals surface area contributed by atoms with Crippen LogP contribution >= 0.6 is 0 Å². The molecule has 6 atom stereocenters. The van der Waals surface area contributed by atoms with E-state index in [0.29, 0.717) is 0 Å². The number of allylic oxidation sites excluding steroid dienone is 5. The highest BCUT2D eigenvalue weighted by Gasteiger charge is 2.46. The summed E-state index contributed by atoms with van der Waals surface area (Å²) >= 11 is 0. The van der Waals surface area contributed by atoms with E-state index >= 15 is 0 Å². The van der Waals surface area contributed by atoms with Crippen molar-refractivity contribution in [1.82, 2.24) is 0 Å². The van der Waals surface area contributed by atoms with Gasteiger partial charge in [-0.1, -0.05) is 12.2 Å². The lowest BCUT2D eigenvalue weighted by Gasteiger charge is -2.40. The van der Waals surface area contributed by atoms with Crippen molar-refractivity contribution in [3.05, 3.63) is 53.0 Å².